The number of benzene rings is 2. The largest absolute Gasteiger partial charge is 0.493 e. The summed E-state index contributed by atoms with van der Waals surface area (Å²) in [6.45, 7) is 3.21. The smallest absolute Gasteiger partial charge is 0.173 e. The number of fused-ring (bicyclic) bond motifs is 1. The second kappa shape index (κ2) is 7.27. The van der Waals surface area contributed by atoms with Crippen molar-refractivity contribution in [2.24, 2.45) is 0 Å². The molecule has 3 rings (SSSR count). The number of halogens is 1. The first-order chi connectivity index (χ1) is 12.0. The van der Waals surface area contributed by atoms with Crippen LogP contribution in [-0.2, 0) is 13.0 Å². The number of rotatable bonds is 3. The van der Waals surface area contributed by atoms with Gasteiger partial charge in [0.1, 0.15) is 5.82 Å². The monoisotopic (exact) mass is 360 g/mol. The molecule has 0 saturated heterocycles. The topological polar surface area (TPSA) is 33.7 Å². The van der Waals surface area contributed by atoms with Gasteiger partial charge in [0.15, 0.2) is 16.6 Å². The molecule has 1 heterocycles. The van der Waals surface area contributed by atoms with Gasteiger partial charge in [0.25, 0.3) is 0 Å². The van der Waals surface area contributed by atoms with Crippen molar-refractivity contribution in [1.29, 1.82) is 0 Å². The molecule has 0 unspecified atom stereocenters. The highest BCUT2D eigenvalue weighted by atomic mass is 32.1. The number of anilines is 1. The average Bonchev–Trinajstić information content (AvgIpc) is 2.63. The van der Waals surface area contributed by atoms with Crippen molar-refractivity contribution in [3.63, 3.8) is 0 Å². The molecule has 0 spiro atoms. The Labute approximate surface area is 152 Å². The van der Waals surface area contributed by atoms with Gasteiger partial charge in [-0.15, -0.1) is 0 Å². The van der Waals surface area contributed by atoms with Gasteiger partial charge in [-0.25, -0.2) is 4.39 Å². The molecular weight excluding hydrogens is 339 g/mol. The lowest BCUT2D eigenvalue weighted by Gasteiger charge is -2.31. The summed E-state index contributed by atoms with van der Waals surface area (Å²) >= 11 is 5.51. The van der Waals surface area contributed by atoms with E-state index in [1.807, 2.05) is 18.2 Å². The summed E-state index contributed by atoms with van der Waals surface area (Å²) in [5.74, 6) is 1.21. The maximum atomic E-state index is 13.7. The number of nitrogens with zero attached hydrogens (tertiary/aromatic N) is 1. The van der Waals surface area contributed by atoms with Crippen LogP contribution < -0.4 is 14.8 Å². The standard InChI is InChI=1S/C19H21FN2O2S/c1-12-4-5-15(10-16(12)20)21-19(25)22-7-6-13-8-17(23-2)18(24-3)9-14(13)11-22/h4-5,8-10H,6-7,11H2,1-3H3,(H,21,25). The number of hydrogen-bond donors (Lipinski definition) is 1. The number of thiocarbonyl (C=S) groups is 1. The molecule has 0 aliphatic carbocycles. The van der Waals surface area contributed by atoms with Crippen LogP contribution in [0.25, 0.3) is 0 Å². The number of nitrogens with one attached hydrogen (secondary N) is 1. The van der Waals surface area contributed by atoms with Crippen LogP contribution in [0.15, 0.2) is 30.3 Å². The van der Waals surface area contributed by atoms with Crippen LogP contribution in [0, 0.1) is 12.7 Å². The molecule has 6 heteroatoms. The molecule has 1 aliphatic rings. The third kappa shape index (κ3) is 3.69. The number of ether oxygens (including phenoxy) is 2. The number of aryl methyl sites for hydroxylation is 1. The summed E-state index contributed by atoms with van der Waals surface area (Å²) in [5, 5.41) is 3.71. The lowest BCUT2D eigenvalue weighted by molar-refractivity contribution is 0.348. The molecule has 132 valence electrons. The number of methoxy groups -OCH3 is 2. The highest BCUT2D eigenvalue weighted by molar-refractivity contribution is 7.80. The molecule has 0 amide bonds. The fourth-order valence-electron chi connectivity index (χ4n) is 2.93. The van der Waals surface area contributed by atoms with Gasteiger partial charge in [0.05, 0.1) is 14.2 Å². The summed E-state index contributed by atoms with van der Waals surface area (Å²) < 4.78 is 24.4. The van der Waals surface area contributed by atoms with Gasteiger partial charge >= 0.3 is 0 Å². The van der Waals surface area contributed by atoms with E-state index in [1.54, 1.807) is 27.2 Å². The van der Waals surface area contributed by atoms with Crippen LogP contribution in [0.2, 0.25) is 0 Å². The Kier molecular flexibility index (Phi) is 5.08. The summed E-state index contributed by atoms with van der Waals surface area (Å²) in [7, 11) is 3.27. The Bertz CT molecular complexity index is 810. The van der Waals surface area contributed by atoms with Gasteiger partial charge in [-0.05, 0) is 66.5 Å². The fourth-order valence-corrected chi connectivity index (χ4v) is 3.20. The molecule has 0 aromatic heterocycles. The van der Waals surface area contributed by atoms with Gasteiger partial charge in [-0.2, -0.15) is 0 Å². The van der Waals surface area contributed by atoms with Gasteiger partial charge in [0, 0.05) is 18.8 Å². The highest BCUT2D eigenvalue weighted by Crippen LogP contribution is 2.33. The minimum atomic E-state index is -0.242. The Morgan fingerprint density at radius 3 is 2.44 bits per heavy atom. The first kappa shape index (κ1) is 17.5. The first-order valence-electron chi connectivity index (χ1n) is 8.07. The maximum absolute atomic E-state index is 13.7. The van der Waals surface area contributed by atoms with Crippen LogP contribution in [0.5, 0.6) is 11.5 Å². The maximum Gasteiger partial charge on any atom is 0.173 e. The van der Waals surface area contributed by atoms with E-state index < -0.39 is 0 Å². The van der Waals surface area contributed by atoms with Crippen molar-refractivity contribution in [2.45, 2.75) is 19.9 Å². The van der Waals surface area contributed by atoms with E-state index in [0.29, 0.717) is 28.7 Å². The molecule has 0 fully saturated rings. The van der Waals surface area contributed by atoms with Crippen molar-refractivity contribution in [2.75, 3.05) is 26.1 Å². The predicted octanol–water partition coefficient (Wildman–Crippen LogP) is 3.91. The zero-order valence-electron chi connectivity index (χ0n) is 14.6. The first-order valence-corrected chi connectivity index (χ1v) is 8.48. The normalized spacial score (nSPS) is 13.2. The molecule has 2 aromatic carbocycles. The van der Waals surface area contributed by atoms with Gasteiger partial charge in [0.2, 0.25) is 0 Å². The van der Waals surface area contributed by atoms with E-state index in [-0.39, 0.29) is 5.82 Å². The molecule has 0 radical (unpaired) electrons. The number of hydrogen-bond acceptors (Lipinski definition) is 3. The predicted molar refractivity (Wildman–Crippen MR) is 101 cm³/mol. The van der Waals surface area contributed by atoms with Crippen LogP contribution in [0.4, 0.5) is 10.1 Å². The minimum Gasteiger partial charge on any atom is -0.493 e. The van der Waals surface area contributed by atoms with Crippen molar-refractivity contribution in [3.05, 3.63) is 52.8 Å². The molecule has 25 heavy (non-hydrogen) atoms. The summed E-state index contributed by atoms with van der Waals surface area (Å²) in [5.41, 5.74) is 3.66. The molecule has 0 bridgehead atoms. The molecular formula is C19H21FN2O2S. The highest BCUT2D eigenvalue weighted by Gasteiger charge is 2.21. The van der Waals surface area contributed by atoms with Crippen LogP contribution in [0.3, 0.4) is 0 Å². The van der Waals surface area contributed by atoms with Crippen LogP contribution in [0.1, 0.15) is 16.7 Å². The van der Waals surface area contributed by atoms with Gasteiger partial charge in [-0.1, -0.05) is 6.07 Å². The van der Waals surface area contributed by atoms with Crippen LogP contribution in [-0.4, -0.2) is 30.8 Å². The zero-order chi connectivity index (χ0) is 18.0. The average molecular weight is 360 g/mol. The van der Waals surface area contributed by atoms with E-state index >= 15 is 0 Å². The Morgan fingerprint density at radius 2 is 1.80 bits per heavy atom. The molecule has 1 N–H and O–H groups in total. The molecule has 2 aromatic rings. The Morgan fingerprint density at radius 1 is 1.12 bits per heavy atom. The molecule has 0 atom stereocenters. The summed E-state index contributed by atoms with van der Waals surface area (Å²) in [6.07, 6.45) is 0.861. The van der Waals surface area contributed by atoms with E-state index in [1.165, 1.54) is 11.6 Å². The van der Waals surface area contributed by atoms with E-state index in [0.717, 1.165) is 24.3 Å². The summed E-state index contributed by atoms with van der Waals surface area (Å²) in [4.78, 5) is 2.07. The zero-order valence-corrected chi connectivity index (χ0v) is 15.4. The second-order valence-electron chi connectivity index (χ2n) is 6.04. The third-order valence-electron chi connectivity index (χ3n) is 4.43. The SMILES string of the molecule is COc1cc2c(cc1OC)CN(C(=S)Nc1ccc(C)c(F)c1)CC2. The lowest BCUT2D eigenvalue weighted by Crippen LogP contribution is -2.38. The molecule has 0 saturated carbocycles. The van der Waals surface area contributed by atoms with E-state index in [9.17, 15) is 4.39 Å². The third-order valence-corrected chi connectivity index (χ3v) is 4.79. The Balaban J connectivity index is 1.75. The second-order valence-corrected chi connectivity index (χ2v) is 6.43. The minimum absolute atomic E-state index is 0.242. The van der Waals surface area contributed by atoms with E-state index in [2.05, 4.69) is 10.2 Å². The van der Waals surface area contributed by atoms with Gasteiger partial charge < -0.3 is 19.7 Å². The van der Waals surface area contributed by atoms with Crippen molar-refractivity contribution in [3.8, 4) is 11.5 Å². The summed E-state index contributed by atoms with van der Waals surface area (Å²) in [6, 6.07) is 9.05. The Hall–Kier alpha value is -2.34. The van der Waals surface area contributed by atoms with Crippen LogP contribution >= 0.6 is 12.2 Å². The van der Waals surface area contributed by atoms with Crippen molar-refractivity contribution in [1.82, 2.24) is 4.90 Å². The molecule has 1 aliphatic heterocycles. The quantitative estimate of drug-likeness (QED) is 0.840. The van der Waals surface area contributed by atoms with Gasteiger partial charge in [-0.3, -0.25) is 0 Å². The fraction of sp³-hybridized carbons (Fsp3) is 0.316. The van der Waals surface area contributed by atoms with Crippen molar-refractivity contribution < 1.29 is 13.9 Å². The van der Waals surface area contributed by atoms with Crippen molar-refractivity contribution >= 4 is 23.0 Å². The lowest BCUT2D eigenvalue weighted by atomic mass is 9.99. The molecule has 4 nitrogen and oxygen atoms in total. The van der Waals surface area contributed by atoms with E-state index in [4.69, 9.17) is 21.7 Å².